The number of ether oxygens (including phenoxy) is 1. The third-order valence-electron chi connectivity index (χ3n) is 2.26. The van der Waals surface area contributed by atoms with Crippen LogP contribution in [-0.2, 0) is 11.2 Å². The third-order valence-corrected chi connectivity index (χ3v) is 3.00. The number of carboxylic acids is 1. The molecule has 17 heavy (non-hydrogen) atoms. The van der Waals surface area contributed by atoms with Gasteiger partial charge in [-0.3, -0.25) is 4.79 Å². The lowest BCUT2D eigenvalue weighted by Crippen LogP contribution is -2.02. The van der Waals surface area contributed by atoms with Gasteiger partial charge in [-0.25, -0.2) is 8.78 Å². The second-order valence-corrected chi connectivity index (χ2v) is 4.21. The number of hydrogen-bond donors (Lipinski definition) is 1. The van der Waals surface area contributed by atoms with Crippen LogP contribution in [0.4, 0.5) is 8.78 Å². The largest absolute Gasteiger partial charge is 0.495 e. The number of methoxy groups -OCH3 is 1. The molecule has 0 aliphatic heterocycles. The summed E-state index contributed by atoms with van der Waals surface area (Å²) in [7, 11) is 1.31. The molecule has 1 aromatic carbocycles. The summed E-state index contributed by atoms with van der Waals surface area (Å²) in [6, 6.07) is 1.07. The highest BCUT2D eigenvalue weighted by Crippen LogP contribution is 2.32. The maximum absolute atomic E-state index is 13.7. The number of halogens is 3. The first-order valence-electron chi connectivity index (χ1n) is 4.89. The van der Waals surface area contributed by atoms with Gasteiger partial charge in [-0.2, -0.15) is 0 Å². The maximum atomic E-state index is 13.7. The van der Waals surface area contributed by atoms with Crippen molar-refractivity contribution in [2.45, 2.75) is 19.3 Å². The highest BCUT2D eigenvalue weighted by atomic mass is 79.9. The van der Waals surface area contributed by atoms with Crippen molar-refractivity contribution >= 4 is 21.9 Å². The molecule has 1 aromatic rings. The first-order chi connectivity index (χ1) is 7.97. The Labute approximate surface area is 106 Å². The summed E-state index contributed by atoms with van der Waals surface area (Å²) in [6.07, 6.45) is 0.0943. The van der Waals surface area contributed by atoms with Crippen LogP contribution in [0.15, 0.2) is 10.5 Å². The van der Waals surface area contributed by atoms with Crippen molar-refractivity contribution in [2.75, 3.05) is 7.11 Å². The molecule has 1 N–H and O–H groups in total. The van der Waals surface area contributed by atoms with E-state index in [9.17, 15) is 13.6 Å². The molecule has 0 atom stereocenters. The minimum absolute atomic E-state index is 0.0343. The second kappa shape index (κ2) is 5.95. The summed E-state index contributed by atoms with van der Waals surface area (Å²) in [4.78, 5) is 10.3. The fourth-order valence-electron chi connectivity index (χ4n) is 1.41. The van der Waals surface area contributed by atoms with Crippen molar-refractivity contribution in [1.29, 1.82) is 0 Å². The van der Waals surface area contributed by atoms with Gasteiger partial charge >= 0.3 is 5.97 Å². The van der Waals surface area contributed by atoms with E-state index < -0.39 is 17.6 Å². The molecule has 0 aliphatic carbocycles. The summed E-state index contributed by atoms with van der Waals surface area (Å²) in [6.45, 7) is 0. The molecule has 1 rings (SSSR count). The molecular formula is C11H11BrF2O3. The zero-order chi connectivity index (χ0) is 13.0. The van der Waals surface area contributed by atoms with E-state index in [0.717, 1.165) is 6.07 Å². The van der Waals surface area contributed by atoms with Gasteiger partial charge in [0.2, 0.25) is 0 Å². The standard InChI is InChI=1S/C11H11BrF2O3/c1-17-8-5-7(13)6(11(14)10(8)12)3-2-4-9(15)16/h5H,2-4H2,1H3,(H,15,16). The number of rotatable bonds is 5. The number of hydrogen-bond acceptors (Lipinski definition) is 2. The molecule has 94 valence electrons. The fraction of sp³-hybridized carbons (Fsp3) is 0.364. The average molecular weight is 309 g/mol. The number of carboxylic acid groups (broad SMARTS) is 1. The van der Waals surface area contributed by atoms with E-state index in [2.05, 4.69) is 15.9 Å². The van der Waals surface area contributed by atoms with Gasteiger partial charge in [0.05, 0.1) is 11.6 Å². The van der Waals surface area contributed by atoms with E-state index in [4.69, 9.17) is 9.84 Å². The van der Waals surface area contributed by atoms with Crippen LogP contribution in [-0.4, -0.2) is 18.2 Å². The molecular weight excluding hydrogens is 298 g/mol. The van der Waals surface area contributed by atoms with E-state index in [1.54, 1.807) is 0 Å². The molecule has 0 amide bonds. The van der Waals surface area contributed by atoms with Gasteiger partial charge in [0, 0.05) is 18.1 Å². The van der Waals surface area contributed by atoms with Gasteiger partial charge in [-0.15, -0.1) is 0 Å². The van der Waals surface area contributed by atoms with Crippen molar-refractivity contribution in [3.8, 4) is 5.75 Å². The van der Waals surface area contributed by atoms with E-state index >= 15 is 0 Å². The zero-order valence-electron chi connectivity index (χ0n) is 9.10. The molecule has 0 aliphatic rings. The Bertz CT molecular complexity index is 435. The molecule has 0 aromatic heterocycles. The Morgan fingerprint density at radius 1 is 1.53 bits per heavy atom. The van der Waals surface area contributed by atoms with Crippen LogP contribution in [0.3, 0.4) is 0 Å². The Kier molecular flexibility index (Phi) is 4.86. The smallest absolute Gasteiger partial charge is 0.303 e. The molecule has 0 saturated heterocycles. The van der Waals surface area contributed by atoms with Gasteiger partial charge in [-0.1, -0.05) is 0 Å². The average Bonchev–Trinajstić information content (AvgIpc) is 2.27. The first kappa shape index (κ1) is 13.9. The fourth-order valence-corrected chi connectivity index (χ4v) is 1.92. The van der Waals surface area contributed by atoms with Gasteiger partial charge in [0.25, 0.3) is 0 Å². The number of aliphatic carboxylic acids is 1. The van der Waals surface area contributed by atoms with E-state index in [1.807, 2.05) is 0 Å². The maximum Gasteiger partial charge on any atom is 0.303 e. The van der Waals surface area contributed by atoms with Crippen LogP contribution >= 0.6 is 15.9 Å². The van der Waals surface area contributed by atoms with E-state index in [-0.39, 0.29) is 35.0 Å². The monoisotopic (exact) mass is 308 g/mol. The molecule has 6 heteroatoms. The summed E-state index contributed by atoms with van der Waals surface area (Å²) in [5.41, 5.74) is -0.126. The summed E-state index contributed by atoms with van der Waals surface area (Å²) >= 11 is 2.96. The van der Waals surface area contributed by atoms with E-state index in [0.29, 0.717) is 0 Å². The molecule has 0 unspecified atom stereocenters. The second-order valence-electron chi connectivity index (χ2n) is 3.41. The minimum Gasteiger partial charge on any atom is -0.495 e. The topological polar surface area (TPSA) is 46.5 Å². The van der Waals surface area contributed by atoms with Crippen LogP contribution in [0.2, 0.25) is 0 Å². The van der Waals surface area contributed by atoms with Crippen molar-refractivity contribution in [2.24, 2.45) is 0 Å². The minimum atomic E-state index is -0.988. The van der Waals surface area contributed by atoms with Crippen molar-refractivity contribution < 1.29 is 23.4 Å². The SMILES string of the molecule is COc1cc(F)c(CCCC(=O)O)c(F)c1Br. The molecule has 0 saturated carbocycles. The summed E-state index contributed by atoms with van der Waals surface area (Å²) in [5, 5.41) is 8.45. The van der Waals surface area contributed by atoms with Crippen LogP contribution in [0, 0.1) is 11.6 Å². The van der Waals surface area contributed by atoms with Gasteiger partial charge < -0.3 is 9.84 Å². The highest BCUT2D eigenvalue weighted by molar-refractivity contribution is 9.10. The van der Waals surface area contributed by atoms with Crippen molar-refractivity contribution in [3.05, 3.63) is 27.7 Å². The Balaban J connectivity index is 2.92. The molecule has 3 nitrogen and oxygen atoms in total. The van der Waals surface area contributed by atoms with Crippen LogP contribution in [0.5, 0.6) is 5.75 Å². The predicted molar refractivity (Wildman–Crippen MR) is 61.2 cm³/mol. The van der Waals surface area contributed by atoms with Crippen molar-refractivity contribution in [1.82, 2.24) is 0 Å². The quantitative estimate of drug-likeness (QED) is 0.850. The zero-order valence-corrected chi connectivity index (χ0v) is 10.7. The normalized spacial score (nSPS) is 10.4. The Morgan fingerprint density at radius 2 is 2.18 bits per heavy atom. The molecule has 0 bridgehead atoms. The highest BCUT2D eigenvalue weighted by Gasteiger charge is 2.17. The predicted octanol–water partition coefficient (Wildman–Crippen LogP) is 3.14. The van der Waals surface area contributed by atoms with Crippen LogP contribution in [0.25, 0.3) is 0 Å². The third kappa shape index (κ3) is 3.39. The van der Waals surface area contributed by atoms with Crippen LogP contribution < -0.4 is 4.74 Å². The molecule has 0 heterocycles. The molecule has 0 spiro atoms. The number of benzene rings is 1. The Morgan fingerprint density at radius 3 is 2.71 bits per heavy atom. The van der Waals surface area contributed by atoms with Gasteiger partial charge in [0.15, 0.2) is 0 Å². The molecule has 0 radical (unpaired) electrons. The lowest BCUT2D eigenvalue weighted by atomic mass is 10.1. The Hall–Kier alpha value is -1.17. The lowest BCUT2D eigenvalue weighted by Gasteiger charge is -2.09. The summed E-state index contributed by atoms with van der Waals surface area (Å²) in [5.74, 6) is -2.39. The molecule has 0 fully saturated rings. The first-order valence-corrected chi connectivity index (χ1v) is 5.68. The number of carbonyl (C=O) groups is 1. The van der Waals surface area contributed by atoms with Crippen LogP contribution in [0.1, 0.15) is 18.4 Å². The van der Waals surface area contributed by atoms with E-state index in [1.165, 1.54) is 7.11 Å². The van der Waals surface area contributed by atoms with Crippen molar-refractivity contribution in [3.63, 3.8) is 0 Å². The lowest BCUT2D eigenvalue weighted by molar-refractivity contribution is -0.137. The summed E-state index contributed by atoms with van der Waals surface area (Å²) < 4.78 is 32.1. The van der Waals surface area contributed by atoms with Gasteiger partial charge in [0.1, 0.15) is 17.4 Å². The van der Waals surface area contributed by atoms with Gasteiger partial charge in [-0.05, 0) is 28.8 Å².